The molecule has 0 aliphatic heterocycles. The minimum Gasteiger partial charge on any atom is -0.305 e. The molecule has 0 N–H and O–H groups in total. The number of hydrogen-bond donors (Lipinski definition) is 0. The molecule has 0 aliphatic rings. The molecule has 4 aromatic carbocycles. The van der Waals surface area contributed by atoms with Gasteiger partial charge in [-0.1, -0.05) is 54.6 Å². The van der Waals surface area contributed by atoms with Crippen LogP contribution in [-0.2, 0) is 13.6 Å². The highest BCUT2D eigenvalue weighted by Gasteiger charge is 2.31. The minimum atomic E-state index is -3.46. The molecule has 0 atom stereocenters. The summed E-state index contributed by atoms with van der Waals surface area (Å²) in [6.45, 7) is 6.40. The van der Waals surface area contributed by atoms with Crippen LogP contribution in [0.3, 0.4) is 0 Å². The van der Waals surface area contributed by atoms with Crippen molar-refractivity contribution in [2.24, 2.45) is 0 Å². The quantitative estimate of drug-likeness (QED) is 0.260. The fourth-order valence-electron chi connectivity index (χ4n) is 3.88. The number of hydrogen-bond acceptors (Lipinski definition) is 3. The zero-order chi connectivity index (χ0) is 20.4. The fraction of sp³-hybridized carbons (Fsp3) is 0.200. The van der Waals surface area contributed by atoms with E-state index in [-0.39, 0.29) is 0 Å². The molecule has 0 bridgehead atoms. The molecule has 0 radical (unpaired) electrons. The maximum Gasteiger partial charge on any atom is 0.361 e. The molecule has 0 saturated heterocycles. The predicted molar refractivity (Wildman–Crippen MR) is 122 cm³/mol. The Morgan fingerprint density at radius 2 is 1.38 bits per heavy atom. The maximum atomic E-state index is 13.8. The monoisotopic (exact) mass is 404 g/mol. The molecule has 0 aromatic heterocycles. The average molecular weight is 404 g/mol. The van der Waals surface area contributed by atoms with Gasteiger partial charge in [-0.15, -0.1) is 0 Å². The zero-order valence-electron chi connectivity index (χ0n) is 17.0. The van der Waals surface area contributed by atoms with Crippen LogP contribution in [0.5, 0.6) is 0 Å². The van der Waals surface area contributed by atoms with Gasteiger partial charge in [0.15, 0.2) is 0 Å². The summed E-state index contributed by atoms with van der Waals surface area (Å²) in [5.74, 6) is 0. The Bertz CT molecular complexity index is 1220. The summed E-state index contributed by atoms with van der Waals surface area (Å²) in [7, 11) is -3.46. The summed E-state index contributed by atoms with van der Waals surface area (Å²) in [6.07, 6.45) is 0. The molecule has 0 aliphatic carbocycles. The first kappa shape index (κ1) is 19.8. The Balaban J connectivity index is 2.13. The van der Waals surface area contributed by atoms with Crippen LogP contribution in [0.2, 0.25) is 0 Å². The fourth-order valence-corrected chi connectivity index (χ4v) is 5.69. The van der Waals surface area contributed by atoms with Crippen LogP contribution in [0.4, 0.5) is 0 Å². The predicted octanol–water partition coefficient (Wildman–Crippen LogP) is 6.86. The van der Waals surface area contributed by atoms with Crippen molar-refractivity contribution in [2.45, 2.75) is 20.8 Å². The van der Waals surface area contributed by atoms with Crippen LogP contribution in [-0.4, -0.2) is 13.2 Å². The summed E-state index contributed by atoms with van der Waals surface area (Å²) in [5.41, 5.74) is 3.09. The van der Waals surface area contributed by atoms with E-state index in [2.05, 4.69) is 43.3 Å². The summed E-state index contributed by atoms with van der Waals surface area (Å²) in [5, 5.41) is 5.11. The van der Waals surface area contributed by atoms with Crippen molar-refractivity contribution in [1.82, 2.24) is 0 Å². The van der Waals surface area contributed by atoms with E-state index >= 15 is 0 Å². The smallest absolute Gasteiger partial charge is 0.305 e. The molecule has 148 valence electrons. The zero-order valence-corrected chi connectivity index (χ0v) is 17.9. The first-order chi connectivity index (χ1) is 14.1. The van der Waals surface area contributed by atoms with Gasteiger partial charge in [0.2, 0.25) is 0 Å². The van der Waals surface area contributed by atoms with Gasteiger partial charge >= 0.3 is 7.60 Å². The second-order valence-electron chi connectivity index (χ2n) is 7.03. The van der Waals surface area contributed by atoms with E-state index in [1.165, 1.54) is 5.39 Å². The van der Waals surface area contributed by atoms with Crippen LogP contribution in [0, 0.1) is 6.92 Å². The first-order valence-corrected chi connectivity index (χ1v) is 11.5. The lowest BCUT2D eigenvalue weighted by atomic mass is 9.93. The third-order valence-electron chi connectivity index (χ3n) is 5.17. The molecule has 3 nitrogen and oxygen atoms in total. The lowest BCUT2D eigenvalue weighted by molar-refractivity contribution is 0.230. The SMILES string of the molecule is CCOP(=O)(OCC)c1ccc2cc3ccccc3cc2c1-c1ccccc1C. The molecule has 0 unspecified atom stereocenters. The van der Waals surface area contributed by atoms with Gasteiger partial charge in [0.1, 0.15) is 0 Å². The van der Waals surface area contributed by atoms with Crippen molar-refractivity contribution in [1.29, 1.82) is 0 Å². The summed E-state index contributed by atoms with van der Waals surface area (Å²) < 4.78 is 25.2. The highest BCUT2D eigenvalue weighted by Crippen LogP contribution is 2.51. The first-order valence-electron chi connectivity index (χ1n) is 9.98. The lowest BCUT2D eigenvalue weighted by Crippen LogP contribution is -2.14. The van der Waals surface area contributed by atoms with Crippen molar-refractivity contribution in [3.05, 3.63) is 78.4 Å². The lowest BCUT2D eigenvalue weighted by Gasteiger charge is -2.22. The van der Waals surface area contributed by atoms with Gasteiger partial charge in [0, 0.05) is 5.56 Å². The molecule has 4 heteroatoms. The molecule has 0 heterocycles. The highest BCUT2D eigenvalue weighted by atomic mass is 31.2. The van der Waals surface area contributed by atoms with Gasteiger partial charge in [0.25, 0.3) is 0 Å². The Labute approximate surface area is 171 Å². The number of aryl methyl sites for hydroxylation is 1. The summed E-state index contributed by atoms with van der Waals surface area (Å²) in [6, 6.07) is 24.8. The van der Waals surface area contributed by atoms with Crippen LogP contribution in [0.1, 0.15) is 19.4 Å². The topological polar surface area (TPSA) is 35.5 Å². The van der Waals surface area contributed by atoms with E-state index in [9.17, 15) is 4.57 Å². The largest absolute Gasteiger partial charge is 0.361 e. The second-order valence-corrected chi connectivity index (χ2v) is 9.02. The standard InChI is InChI=1S/C25H25O3P/c1-4-27-29(26,28-5-2)24-15-14-21-16-19-11-7-8-12-20(19)17-23(21)25(24)22-13-9-6-10-18(22)3/h6-17H,4-5H2,1-3H3. The van der Waals surface area contributed by atoms with E-state index in [0.717, 1.165) is 32.8 Å². The minimum absolute atomic E-state index is 0.320. The van der Waals surface area contributed by atoms with E-state index in [0.29, 0.717) is 18.5 Å². The van der Waals surface area contributed by atoms with Crippen molar-refractivity contribution >= 4 is 34.4 Å². The van der Waals surface area contributed by atoms with Crippen molar-refractivity contribution < 1.29 is 13.6 Å². The van der Waals surface area contributed by atoms with Gasteiger partial charge < -0.3 is 9.05 Å². The van der Waals surface area contributed by atoms with Crippen molar-refractivity contribution in [3.63, 3.8) is 0 Å². The normalized spacial score (nSPS) is 12.0. The third kappa shape index (κ3) is 3.62. The van der Waals surface area contributed by atoms with Crippen LogP contribution in [0.25, 0.3) is 32.7 Å². The number of benzene rings is 4. The Kier molecular flexibility index (Phi) is 5.56. The van der Waals surface area contributed by atoms with E-state index in [1.807, 2.05) is 50.2 Å². The van der Waals surface area contributed by atoms with Gasteiger partial charge in [0.05, 0.1) is 18.5 Å². The van der Waals surface area contributed by atoms with Gasteiger partial charge in [-0.3, -0.25) is 4.57 Å². The molecule has 29 heavy (non-hydrogen) atoms. The van der Waals surface area contributed by atoms with Crippen LogP contribution < -0.4 is 5.30 Å². The number of rotatable bonds is 6. The molecule has 4 aromatic rings. The molecular weight excluding hydrogens is 379 g/mol. The third-order valence-corrected chi connectivity index (χ3v) is 7.33. The van der Waals surface area contributed by atoms with E-state index in [1.54, 1.807) is 0 Å². The maximum absolute atomic E-state index is 13.8. The Hall–Kier alpha value is -2.45. The molecule has 4 rings (SSSR count). The Morgan fingerprint density at radius 3 is 2.03 bits per heavy atom. The van der Waals surface area contributed by atoms with Gasteiger partial charge in [-0.2, -0.15) is 0 Å². The number of fused-ring (bicyclic) bond motifs is 2. The second kappa shape index (κ2) is 8.12. The van der Waals surface area contributed by atoms with Crippen LogP contribution >= 0.6 is 7.60 Å². The van der Waals surface area contributed by atoms with Crippen LogP contribution in [0.15, 0.2) is 72.8 Å². The van der Waals surface area contributed by atoms with E-state index < -0.39 is 7.60 Å². The van der Waals surface area contributed by atoms with Gasteiger partial charge in [-0.25, -0.2) is 0 Å². The highest BCUT2D eigenvalue weighted by molar-refractivity contribution is 7.62. The Morgan fingerprint density at radius 1 is 0.759 bits per heavy atom. The van der Waals surface area contributed by atoms with Crippen molar-refractivity contribution in [3.8, 4) is 11.1 Å². The molecular formula is C25H25O3P. The molecule has 0 fully saturated rings. The summed E-state index contributed by atoms with van der Waals surface area (Å²) >= 11 is 0. The van der Waals surface area contributed by atoms with Gasteiger partial charge in [-0.05, 0) is 71.6 Å². The van der Waals surface area contributed by atoms with Crippen molar-refractivity contribution in [2.75, 3.05) is 13.2 Å². The molecule has 0 saturated carbocycles. The molecule has 0 amide bonds. The molecule has 0 spiro atoms. The summed E-state index contributed by atoms with van der Waals surface area (Å²) in [4.78, 5) is 0. The average Bonchev–Trinajstić information content (AvgIpc) is 2.72. The van der Waals surface area contributed by atoms with E-state index in [4.69, 9.17) is 9.05 Å².